The van der Waals surface area contributed by atoms with Gasteiger partial charge >= 0.3 is 0 Å². The van der Waals surface area contributed by atoms with Crippen LogP contribution in [0.1, 0.15) is 16.2 Å². The smallest absolute Gasteiger partial charge is 0.275 e. The highest BCUT2D eigenvalue weighted by Crippen LogP contribution is 2.19. The molecule has 2 N–H and O–H groups in total. The predicted octanol–water partition coefficient (Wildman–Crippen LogP) is 2.57. The third-order valence-electron chi connectivity index (χ3n) is 2.99. The molecule has 7 nitrogen and oxygen atoms in total. The Morgan fingerprint density at radius 2 is 1.91 bits per heavy atom. The zero-order chi connectivity index (χ0) is 16.1. The molecule has 0 aliphatic rings. The molecule has 0 fully saturated rings. The van der Waals surface area contributed by atoms with Crippen molar-refractivity contribution in [2.24, 2.45) is 0 Å². The minimum Gasteiger partial charge on any atom is -0.340 e. The Hall–Kier alpha value is -3.35. The first-order valence-corrected chi connectivity index (χ1v) is 6.94. The van der Waals surface area contributed by atoms with Crippen molar-refractivity contribution in [3.8, 4) is 0 Å². The van der Waals surface area contributed by atoms with Gasteiger partial charge in [-0.1, -0.05) is 6.07 Å². The minimum absolute atomic E-state index is 0.261. The Morgan fingerprint density at radius 1 is 1.04 bits per heavy atom. The number of amides is 1. The van der Waals surface area contributed by atoms with Crippen LogP contribution in [0.4, 0.5) is 17.2 Å². The highest BCUT2D eigenvalue weighted by Gasteiger charge is 2.07. The number of hydrogen-bond acceptors (Lipinski definition) is 6. The Kier molecular flexibility index (Phi) is 4.19. The van der Waals surface area contributed by atoms with Gasteiger partial charge in [-0.15, -0.1) is 0 Å². The standard InChI is InChI=1S/C16H14N6O/c1-11-7-15(20-10-19-11)21-12-3-2-4-13(8-12)22-16(23)14-9-17-5-6-18-14/h2-10H,1H3,(H,22,23)(H,19,20,21). The van der Waals surface area contributed by atoms with Crippen LogP contribution < -0.4 is 10.6 Å². The molecular formula is C16H14N6O. The predicted molar refractivity (Wildman–Crippen MR) is 86.5 cm³/mol. The monoisotopic (exact) mass is 306 g/mol. The first-order chi connectivity index (χ1) is 11.2. The number of anilines is 3. The molecule has 2 aromatic heterocycles. The number of nitrogens with one attached hydrogen (secondary N) is 2. The van der Waals surface area contributed by atoms with E-state index in [1.807, 2.05) is 31.2 Å². The minimum atomic E-state index is -0.312. The van der Waals surface area contributed by atoms with Gasteiger partial charge in [-0.05, 0) is 25.1 Å². The highest BCUT2D eigenvalue weighted by molar-refractivity contribution is 6.02. The van der Waals surface area contributed by atoms with Gasteiger partial charge in [-0.25, -0.2) is 15.0 Å². The van der Waals surface area contributed by atoms with Gasteiger partial charge in [0.2, 0.25) is 0 Å². The SMILES string of the molecule is Cc1cc(Nc2cccc(NC(=O)c3cnccn3)c2)ncn1. The van der Waals surface area contributed by atoms with Crippen molar-refractivity contribution in [2.75, 3.05) is 10.6 Å². The number of aryl methyl sites for hydroxylation is 1. The van der Waals surface area contributed by atoms with Gasteiger partial charge < -0.3 is 10.6 Å². The van der Waals surface area contributed by atoms with Crippen LogP contribution in [0.5, 0.6) is 0 Å². The van der Waals surface area contributed by atoms with E-state index in [4.69, 9.17) is 0 Å². The second kappa shape index (κ2) is 6.61. The van der Waals surface area contributed by atoms with Crippen molar-refractivity contribution in [2.45, 2.75) is 6.92 Å². The molecule has 0 spiro atoms. The molecule has 23 heavy (non-hydrogen) atoms. The van der Waals surface area contributed by atoms with Crippen LogP contribution in [0.2, 0.25) is 0 Å². The third kappa shape index (κ3) is 3.85. The highest BCUT2D eigenvalue weighted by atomic mass is 16.1. The summed E-state index contributed by atoms with van der Waals surface area (Å²) < 4.78 is 0. The largest absolute Gasteiger partial charge is 0.340 e. The first-order valence-electron chi connectivity index (χ1n) is 6.94. The lowest BCUT2D eigenvalue weighted by atomic mass is 10.2. The molecule has 3 aromatic rings. The van der Waals surface area contributed by atoms with E-state index in [-0.39, 0.29) is 11.6 Å². The fourth-order valence-electron chi connectivity index (χ4n) is 1.96. The lowest BCUT2D eigenvalue weighted by Crippen LogP contribution is -2.13. The number of carbonyl (C=O) groups excluding carboxylic acids is 1. The Balaban J connectivity index is 1.74. The van der Waals surface area contributed by atoms with Crippen LogP contribution in [0.25, 0.3) is 0 Å². The first kappa shape index (κ1) is 14.6. The summed E-state index contributed by atoms with van der Waals surface area (Å²) in [6.07, 6.45) is 5.91. The molecule has 0 saturated heterocycles. The molecule has 0 atom stereocenters. The molecule has 0 radical (unpaired) electrons. The van der Waals surface area contributed by atoms with Gasteiger partial charge in [0.05, 0.1) is 6.20 Å². The summed E-state index contributed by atoms with van der Waals surface area (Å²) in [5, 5.41) is 5.95. The van der Waals surface area contributed by atoms with E-state index in [0.29, 0.717) is 11.5 Å². The maximum atomic E-state index is 12.1. The molecule has 114 valence electrons. The average Bonchev–Trinajstić information content (AvgIpc) is 2.56. The molecule has 1 aromatic carbocycles. The van der Waals surface area contributed by atoms with E-state index in [1.54, 1.807) is 6.07 Å². The molecule has 0 unspecified atom stereocenters. The summed E-state index contributed by atoms with van der Waals surface area (Å²) in [6, 6.07) is 9.17. The lowest BCUT2D eigenvalue weighted by Gasteiger charge is -2.09. The van der Waals surface area contributed by atoms with Gasteiger partial charge in [-0.3, -0.25) is 9.78 Å². The fourth-order valence-corrected chi connectivity index (χ4v) is 1.96. The topological polar surface area (TPSA) is 92.7 Å². The molecule has 0 aliphatic carbocycles. The summed E-state index contributed by atoms with van der Waals surface area (Å²) in [6.45, 7) is 1.89. The number of carbonyl (C=O) groups is 1. The molecule has 1 amide bonds. The van der Waals surface area contributed by atoms with Crippen molar-refractivity contribution < 1.29 is 4.79 Å². The molecule has 0 saturated carbocycles. The molecule has 3 rings (SSSR count). The summed E-state index contributed by atoms with van der Waals surface area (Å²) in [5.74, 6) is 0.378. The summed E-state index contributed by atoms with van der Waals surface area (Å²) >= 11 is 0. The van der Waals surface area contributed by atoms with E-state index in [9.17, 15) is 4.79 Å². The molecule has 0 aliphatic heterocycles. The zero-order valence-electron chi connectivity index (χ0n) is 12.4. The van der Waals surface area contributed by atoms with E-state index in [0.717, 1.165) is 11.4 Å². The second-order valence-corrected chi connectivity index (χ2v) is 4.80. The van der Waals surface area contributed by atoms with Crippen molar-refractivity contribution in [3.63, 3.8) is 0 Å². The van der Waals surface area contributed by atoms with E-state index in [1.165, 1.54) is 24.9 Å². The number of nitrogens with zero attached hydrogens (tertiary/aromatic N) is 4. The maximum Gasteiger partial charge on any atom is 0.275 e. The Labute approximate surface area is 132 Å². The van der Waals surface area contributed by atoms with Crippen LogP contribution in [-0.2, 0) is 0 Å². The van der Waals surface area contributed by atoms with Gasteiger partial charge in [-0.2, -0.15) is 0 Å². The maximum absolute atomic E-state index is 12.1. The van der Waals surface area contributed by atoms with E-state index >= 15 is 0 Å². The number of benzene rings is 1. The van der Waals surface area contributed by atoms with Crippen LogP contribution in [-0.4, -0.2) is 25.8 Å². The van der Waals surface area contributed by atoms with Crippen molar-refractivity contribution in [1.29, 1.82) is 0 Å². The van der Waals surface area contributed by atoms with Crippen LogP contribution >= 0.6 is 0 Å². The third-order valence-corrected chi connectivity index (χ3v) is 2.99. The van der Waals surface area contributed by atoms with E-state index < -0.39 is 0 Å². The van der Waals surface area contributed by atoms with Gasteiger partial charge in [0.15, 0.2) is 0 Å². The van der Waals surface area contributed by atoms with Crippen molar-refractivity contribution >= 4 is 23.1 Å². The average molecular weight is 306 g/mol. The Bertz CT molecular complexity index is 822. The molecule has 7 heteroatoms. The van der Waals surface area contributed by atoms with E-state index in [2.05, 4.69) is 30.6 Å². The Morgan fingerprint density at radius 3 is 2.70 bits per heavy atom. The quantitative estimate of drug-likeness (QED) is 0.769. The summed E-state index contributed by atoms with van der Waals surface area (Å²) in [4.78, 5) is 28.1. The lowest BCUT2D eigenvalue weighted by molar-refractivity contribution is 0.102. The summed E-state index contributed by atoms with van der Waals surface area (Å²) in [7, 11) is 0. The molecule has 0 bridgehead atoms. The number of aromatic nitrogens is 4. The fraction of sp³-hybridized carbons (Fsp3) is 0.0625. The van der Waals surface area contributed by atoms with Crippen molar-refractivity contribution in [3.05, 3.63) is 66.6 Å². The normalized spacial score (nSPS) is 10.1. The van der Waals surface area contributed by atoms with Crippen molar-refractivity contribution in [1.82, 2.24) is 19.9 Å². The number of rotatable bonds is 4. The summed E-state index contributed by atoms with van der Waals surface area (Å²) in [5.41, 5.74) is 2.59. The molecular weight excluding hydrogens is 292 g/mol. The van der Waals surface area contributed by atoms with Gasteiger partial charge in [0.1, 0.15) is 17.8 Å². The second-order valence-electron chi connectivity index (χ2n) is 4.80. The zero-order valence-corrected chi connectivity index (χ0v) is 12.4. The number of hydrogen-bond donors (Lipinski definition) is 2. The molecule has 2 heterocycles. The van der Waals surface area contributed by atoms with Crippen LogP contribution in [0.15, 0.2) is 55.2 Å². The van der Waals surface area contributed by atoms with Gasteiger partial charge in [0, 0.05) is 35.5 Å². The van der Waals surface area contributed by atoms with Gasteiger partial charge in [0.25, 0.3) is 5.91 Å². The van der Waals surface area contributed by atoms with Crippen LogP contribution in [0.3, 0.4) is 0 Å². The van der Waals surface area contributed by atoms with Crippen LogP contribution in [0, 0.1) is 6.92 Å².